The van der Waals surface area contributed by atoms with E-state index < -0.39 is 6.04 Å². The topological polar surface area (TPSA) is 58.6 Å². The lowest BCUT2D eigenvalue weighted by molar-refractivity contribution is -0.151. The van der Waals surface area contributed by atoms with Crippen LogP contribution in [-0.2, 0) is 9.53 Å². The van der Waals surface area contributed by atoms with Crippen molar-refractivity contribution >= 4 is 12.0 Å². The highest BCUT2D eigenvalue weighted by atomic mass is 16.5. The molecule has 0 radical (unpaired) electrons. The van der Waals surface area contributed by atoms with E-state index in [1.807, 2.05) is 20.8 Å². The van der Waals surface area contributed by atoms with Crippen molar-refractivity contribution in [2.75, 3.05) is 19.7 Å². The molecule has 5 heteroatoms. The molecule has 0 bridgehead atoms. The largest absolute Gasteiger partial charge is 0.464 e. The Hall–Kier alpha value is -1.26. The lowest BCUT2D eigenvalue weighted by atomic mass is 10.0. The lowest BCUT2D eigenvalue weighted by Gasteiger charge is -2.35. The highest BCUT2D eigenvalue weighted by Crippen LogP contribution is 2.15. The number of nitrogens with one attached hydrogen (secondary N) is 1. The molecular formula is C13H24N2O3. The smallest absolute Gasteiger partial charge is 0.329 e. The van der Waals surface area contributed by atoms with Gasteiger partial charge in [-0.15, -0.1) is 0 Å². The normalized spacial score (nSPS) is 17.6. The Bertz CT molecular complexity index is 292. The second-order valence-electron chi connectivity index (χ2n) is 4.99. The SMILES string of the molecule is CCCCOC(=O)[C@H](C(C)C)N1CCCNC1=O. The van der Waals surface area contributed by atoms with Crippen LogP contribution in [0.1, 0.15) is 40.0 Å². The van der Waals surface area contributed by atoms with Gasteiger partial charge in [-0.3, -0.25) is 0 Å². The summed E-state index contributed by atoms with van der Waals surface area (Å²) in [4.78, 5) is 25.4. The predicted molar refractivity (Wildman–Crippen MR) is 69.2 cm³/mol. The fraction of sp³-hybridized carbons (Fsp3) is 0.846. The average Bonchev–Trinajstić information content (AvgIpc) is 2.32. The molecule has 2 amide bonds. The van der Waals surface area contributed by atoms with Crippen LogP contribution in [-0.4, -0.2) is 42.6 Å². The molecule has 1 rings (SSSR count). The monoisotopic (exact) mass is 256 g/mol. The van der Waals surface area contributed by atoms with Gasteiger partial charge < -0.3 is 15.0 Å². The van der Waals surface area contributed by atoms with Crippen molar-refractivity contribution in [1.29, 1.82) is 0 Å². The second kappa shape index (κ2) is 7.24. The van der Waals surface area contributed by atoms with Crippen molar-refractivity contribution in [2.24, 2.45) is 5.92 Å². The van der Waals surface area contributed by atoms with Crippen LogP contribution in [0.15, 0.2) is 0 Å². The highest BCUT2D eigenvalue weighted by molar-refractivity contribution is 5.84. The molecule has 1 fully saturated rings. The van der Waals surface area contributed by atoms with Crippen molar-refractivity contribution in [3.8, 4) is 0 Å². The maximum atomic E-state index is 12.1. The van der Waals surface area contributed by atoms with Gasteiger partial charge in [-0.05, 0) is 18.8 Å². The first-order valence-corrected chi connectivity index (χ1v) is 6.79. The van der Waals surface area contributed by atoms with E-state index in [0.717, 1.165) is 19.3 Å². The minimum atomic E-state index is -0.470. The summed E-state index contributed by atoms with van der Waals surface area (Å²) in [5.41, 5.74) is 0. The number of carbonyl (C=O) groups is 2. The Morgan fingerprint density at radius 1 is 1.50 bits per heavy atom. The molecule has 18 heavy (non-hydrogen) atoms. The second-order valence-corrected chi connectivity index (χ2v) is 4.99. The molecular weight excluding hydrogens is 232 g/mol. The van der Waals surface area contributed by atoms with E-state index in [9.17, 15) is 9.59 Å². The number of unbranched alkanes of at least 4 members (excludes halogenated alkanes) is 1. The number of ether oxygens (including phenoxy) is 1. The minimum Gasteiger partial charge on any atom is -0.464 e. The summed E-state index contributed by atoms with van der Waals surface area (Å²) in [5, 5.41) is 2.77. The van der Waals surface area contributed by atoms with Gasteiger partial charge in [-0.25, -0.2) is 9.59 Å². The summed E-state index contributed by atoms with van der Waals surface area (Å²) in [5.74, 6) is -0.224. The summed E-state index contributed by atoms with van der Waals surface area (Å²) in [6.45, 7) is 7.67. The standard InChI is InChI=1S/C13H24N2O3/c1-4-5-9-18-12(16)11(10(2)3)15-8-6-7-14-13(15)17/h10-11H,4-9H2,1-3H3,(H,14,17)/t11-/m0/s1. The van der Waals surface area contributed by atoms with Gasteiger partial charge in [0.15, 0.2) is 0 Å². The fourth-order valence-electron chi connectivity index (χ4n) is 2.07. The number of hydrogen-bond donors (Lipinski definition) is 1. The van der Waals surface area contributed by atoms with E-state index in [1.54, 1.807) is 4.90 Å². The molecule has 104 valence electrons. The van der Waals surface area contributed by atoms with Gasteiger partial charge in [-0.2, -0.15) is 0 Å². The zero-order chi connectivity index (χ0) is 13.5. The summed E-state index contributed by atoms with van der Waals surface area (Å²) in [6.07, 6.45) is 2.73. The van der Waals surface area contributed by atoms with Crippen LogP contribution in [0.5, 0.6) is 0 Å². The van der Waals surface area contributed by atoms with Crippen LogP contribution in [0.2, 0.25) is 0 Å². The maximum absolute atomic E-state index is 12.1. The number of nitrogens with zero attached hydrogens (tertiary/aromatic N) is 1. The van der Waals surface area contributed by atoms with Gasteiger partial charge in [0, 0.05) is 13.1 Å². The number of amides is 2. The van der Waals surface area contributed by atoms with E-state index >= 15 is 0 Å². The molecule has 0 aromatic rings. The van der Waals surface area contributed by atoms with Crippen molar-refractivity contribution in [1.82, 2.24) is 10.2 Å². The van der Waals surface area contributed by atoms with Gasteiger partial charge in [0.05, 0.1) is 6.61 Å². The fourth-order valence-corrected chi connectivity index (χ4v) is 2.07. The third-order valence-electron chi connectivity index (χ3n) is 3.06. The first kappa shape index (κ1) is 14.8. The van der Waals surface area contributed by atoms with E-state index in [4.69, 9.17) is 4.74 Å². The predicted octanol–water partition coefficient (Wildman–Crippen LogP) is 1.77. The van der Waals surface area contributed by atoms with Crippen LogP contribution in [0.25, 0.3) is 0 Å². The quantitative estimate of drug-likeness (QED) is 0.582. The first-order valence-electron chi connectivity index (χ1n) is 6.79. The zero-order valence-corrected chi connectivity index (χ0v) is 11.6. The Kier molecular flexibility index (Phi) is 5.95. The molecule has 0 unspecified atom stereocenters. The van der Waals surface area contributed by atoms with Crippen LogP contribution in [0.3, 0.4) is 0 Å². The Morgan fingerprint density at radius 3 is 2.78 bits per heavy atom. The van der Waals surface area contributed by atoms with Crippen LogP contribution < -0.4 is 5.32 Å². The molecule has 0 spiro atoms. The average molecular weight is 256 g/mol. The van der Waals surface area contributed by atoms with Crippen molar-refractivity contribution in [2.45, 2.75) is 46.1 Å². The molecule has 0 saturated carbocycles. The number of hydrogen-bond acceptors (Lipinski definition) is 3. The number of carbonyl (C=O) groups excluding carboxylic acids is 2. The third kappa shape index (κ3) is 3.89. The first-order chi connectivity index (χ1) is 8.57. The Morgan fingerprint density at radius 2 is 2.22 bits per heavy atom. The van der Waals surface area contributed by atoms with E-state index in [-0.39, 0.29) is 17.9 Å². The summed E-state index contributed by atoms with van der Waals surface area (Å²) >= 11 is 0. The Balaban J connectivity index is 2.63. The zero-order valence-electron chi connectivity index (χ0n) is 11.6. The maximum Gasteiger partial charge on any atom is 0.329 e. The van der Waals surface area contributed by atoms with E-state index in [0.29, 0.717) is 19.7 Å². The molecule has 1 saturated heterocycles. The lowest BCUT2D eigenvalue weighted by Crippen LogP contribution is -2.56. The molecule has 1 aliphatic rings. The summed E-state index contributed by atoms with van der Waals surface area (Å²) < 4.78 is 5.25. The number of esters is 1. The van der Waals surface area contributed by atoms with Crippen LogP contribution >= 0.6 is 0 Å². The number of urea groups is 1. The van der Waals surface area contributed by atoms with Gasteiger partial charge in [0.2, 0.25) is 0 Å². The Labute approximate surface area is 109 Å². The highest BCUT2D eigenvalue weighted by Gasteiger charge is 2.34. The van der Waals surface area contributed by atoms with Crippen molar-refractivity contribution in [3.05, 3.63) is 0 Å². The van der Waals surface area contributed by atoms with Gasteiger partial charge >= 0.3 is 12.0 Å². The van der Waals surface area contributed by atoms with E-state index in [1.165, 1.54) is 0 Å². The number of rotatable bonds is 6. The minimum absolute atomic E-state index is 0.0583. The summed E-state index contributed by atoms with van der Waals surface area (Å²) in [6, 6.07) is -0.630. The van der Waals surface area contributed by atoms with Crippen molar-refractivity contribution < 1.29 is 14.3 Å². The molecule has 1 N–H and O–H groups in total. The molecule has 1 heterocycles. The molecule has 1 atom stereocenters. The molecule has 0 aromatic carbocycles. The summed E-state index contributed by atoms with van der Waals surface area (Å²) in [7, 11) is 0. The van der Waals surface area contributed by atoms with Gasteiger partial charge in [-0.1, -0.05) is 27.2 Å². The van der Waals surface area contributed by atoms with E-state index in [2.05, 4.69) is 5.32 Å². The van der Waals surface area contributed by atoms with Gasteiger partial charge in [0.25, 0.3) is 0 Å². The third-order valence-corrected chi connectivity index (χ3v) is 3.06. The molecule has 0 aliphatic carbocycles. The molecule has 0 aromatic heterocycles. The van der Waals surface area contributed by atoms with Gasteiger partial charge in [0.1, 0.15) is 6.04 Å². The molecule has 5 nitrogen and oxygen atoms in total. The van der Waals surface area contributed by atoms with Crippen molar-refractivity contribution in [3.63, 3.8) is 0 Å². The van der Waals surface area contributed by atoms with Crippen LogP contribution in [0, 0.1) is 5.92 Å². The van der Waals surface area contributed by atoms with Crippen LogP contribution in [0.4, 0.5) is 4.79 Å². The molecule has 1 aliphatic heterocycles.